The Hall–Kier alpha value is -0.980. The molecule has 0 fully saturated rings. The minimum Gasteiger partial charge on any atom is -0.359 e. The summed E-state index contributed by atoms with van der Waals surface area (Å²) >= 11 is 0. The van der Waals surface area contributed by atoms with Crippen molar-refractivity contribution >= 4 is 0 Å². The number of hydrogen-bond donors (Lipinski definition) is 1. The minimum atomic E-state index is 0.207. The molecule has 1 aliphatic heterocycles. The molecule has 1 heteroatoms. The van der Waals surface area contributed by atoms with Crippen LogP contribution in [0, 0.1) is 5.41 Å². The molecule has 1 N–H and O–H groups in total. The number of nitrogens with one attached hydrogen (secondary N) is 1. The lowest BCUT2D eigenvalue weighted by molar-refractivity contribution is 0.505. The number of rotatable bonds is 0. The Bertz CT molecular complexity index is 298. The third kappa shape index (κ3) is 2.03. The summed E-state index contributed by atoms with van der Waals surface area (Å²) in [5.74, 6) is 0. The van der Waals surface area contributed by atoms with Crippen LogP contribution in [0.5, 0.6) is 0 Å². The summed E-state index contributed by atoms with van der Waals surface area (Å²) < 4.78 is 0. The summed E-state index contributed by atoms with van der Waals surface area (Å²) in [6.07, 6.45) is 2.23. The van der Waals surface area contributed by atoms with Gasteiger partial charge in [0.2, 0.25) is 0 Å². The molecule has 13 heavy (non-hydrogen) atoms. The van der Waals surface area contributed by atoms with Crippen molar-refractivity contribution in [2.45, 2.75) is 34.6 Å². The van der Waals surface area contributed by atoms with E-state index in [1.54, 1.807) is 0 Å². The average molecular weight is 177 g/mol. The number of allylic oxidation sites excluding steroid dienone is 4. The van der Waals surface area contributed by atoms with Gasteiger partial charge in [-0.3, -0.25) is 0 Å². The number of hydrogen-bond acceptors (Lipinski definition) is 1. The molecule has 0 spiro atoms. The van der Waals surface area contributed by atoms with Gasteiger partial charge >= 0.3 is 0 Å². The van der Waals surface area contributed by atoms with Crippen LogP contribution in [-0.2, 0) is 0 Å². The highest BCUT2D eigenvalue weighted by Crippen LogP contribution is 2.32. The normalized spacial score (nSPS) is 18.5. The molecule has 0 aliphatic carbocycles. The van der Waals surface area contributed by atoms with Gasteiger partial charge in [0.25, 0.3) is 0 Å². The summed E-state index contributed by atoms with van der Waals surface area (Å²) in [6, 6.07) is 0. The van der Waals surface area contributed by atoms with E-state index in [1.807, 2.05) is 0 Å². The van der Waals surface area contributed by atoms with Crippen molar-refractivity contribution in [1.29, 1.82) is 0 Å². The van der Waals surface area contributed by atoms with Gasteiger partial charge in [0.05, 0.1) is 0 Å². The molecule has 1 heterocycles. The Morgan fingerprint density at radius 3 is 2.23 bits per heavy atom. The molecule has 72 valence electrons. The molecule has 0 unspecified atom stereocenters. The van der Waals surface area contributed by atoms with Crippen molar-refractivity contribution < 1.29 is 0 Å². The van der Waals surface area contributed by atoms with E-state index >= 15 is 0 Å². The Kier molecular flexibility index (Phi) is 2.38. The first-order valence-corrected chi connectivity index (χ1v) is 4.68. The molecule has 0 aromatic rings. The van der Waals surface area contributed by atoms with Gasteiger partial charge in [-0.05, 0) is 30.4 Å². The van der Waals surface area contributed by atoms with Gasteiger partial charge in [-0.25, -0.2) is 0 Å². The molecule has 0 aromatic carbocycles. The largest absolute Gasteiger partial charge is 0.359 e. The quantitative estimate of drug-likeness (QED) is 0.598. The zero-order valence-electron chi connectivity index (χ0n) is 9.28. The molecule has 0 amide bonds. The smallest absolute Gasteiger partial charge is 0.0338 e. The van der Waals surface area contributed by atoms with E-state index in [-0.39, 0.29) is 5.41 Å². The molecular weight excluding hydrogens is 158 g/mol. The van der Waals surface area contributed by atoms with Gasteiger partial charge in [-0.1, -0.05) is 33.4 Å². The molecule has 0 aromatic heterocycles. The van der Waals surface area contributed by atoms with E-state index in [2.05, 4.69) is 52.6 Å². The molecule has 0 atom stereocenters. The van der Waals surface area contributed by atoms with Crippen LogP contribution in [0.4, 0.5) is 0 Å². The zero-order chi connectivity index (χ0) is 10.2. The van der Waals surface area contributed by atoms with Crippen LogP contribution in [0.15, 0.2) is 35.2 Å². The second kappa shape index (κ2) is 3.06. The summed E-state index contributed by atoms with van der Waals surface area (Å²) in [5.41, 5.74) is 5.06. The van der Waals surface area contributed by atoms with Crippen molar-refractivity contribution in [1.82, 2.24) is 5.32 Å². The van der Waals surface area contributed by atoms with E-state index in [0.29, 0.717) is 0 Å². The van der Waals surface area contributed by atoms with Crippen LogP contribution in [0.1, 0.15) is 34.6 Å². The van der Waals surface area contributed by atoms with Gasteiger partial charge in [-0.15, -0.1) is 0 Å². The fourth-order valence-electron chi connectivity index (χ4n) is 1.58. The molecular formula is C12H19N. The highest BCUT2D eigenvalue weighted by atomic mass is 14.9. The van der Waals surface area contributed by atoms with Gasteiger partial charge < -0.3 is 5.32 Å². The summed E-state index contributed by atoms with van der Waals surface area (Å²) in [5, 5.41) is 3.30. The van der Waals surface area contributed by atoms with E-state index in [0.717, 1.165) is 5.70 Å². The third-order valence-corrected chi connectivity index (χ3v) is 2.39. The van der Waals surface area contributed by atoms with Crippen LogP contribution in [0.2, 0.25) is 0 Å². The lowest BCUT2D eigenvalue weighted by atomic mass is 9.82. The van der Waals surface area contributed by atoms with Crippen molar-refractivity contribution in [3.63, 3.8) is 0 Å². The SMILES string of the molecule is C=C1NC(C)=C(C(C)(C)C)C=C1C. The lowest BCUT2D eigenvalue weighted by Crippen LogP contribution is -2.22. The van der Waals surface area contributed by atoms with E-state index < -0.39 is 0 Å². The monoisotopic (exact) mass is 177 g/mol. The molecule has 0 saturated heterocycles. The molecule has 1 rings (SSSR count). The zero-order valence-corrected chi connectivity index (χ0v) is 9.28. The van der Waals surface area contributed by atoms with Crippen molar-refractivity contribution in [2.75, 3.05) is 0 Å². The first kappa shape index (κ1) is 10.1. The van der Waals surface area contributed by atoms with E-state index in [1.165, 1.54) is 16.8 Å². The van der Waals surface area contributed by atoms with E-state index in [9.17, 15) is 0 Å². The summed E-state index contributed by atoms with van der Waals surface area (Å²) in [4.78, 5) is 0. The number of dihydropyridines is 1. The van der Waals surface area contributed by atoms with Gasteiger partial charge in [-0.2, -0.15) is 0 Å². The molecule has 0 radical (unpaired) electrons. The second-order valence-corrected chi connectivity index (χ2v) is 4.72. The van der Waals surface area contributed by atoms with Gasteiger partial charge in [0, 0.05) is 11.4 Å². The van der Waals surface area contributed by atoms with Crippen LogP contribution in [0.3, 0.4) is 0 Å². The predicted octanol–water partition coefficient (Wildman–Crippen LogP) is 3.37. The maximum absolute atomic E-state index is 3.95. The van der Waals surface area contributed by atoms with Crippen LogP contribution < -0.4 is 5.32 Å². The molecule has 1 nitrogen and oxygen atoms in total. The standard InChI is InChI=1S/C12H19N/c1-8-7-11(12(4,5)6)10(3)13-9(8)2/h7,13H,2H2,1,3-6H3. The maximum atomic E-state index is 3.95. The predicted molar refractivity (Wildman–Crippen MR) is 58.2 cm³/mol. The minimum absolute atomic E-state index is 0.207. The highest BCUT2D eigenvalue weighted by Gasteiger charge is 2.21. The Labute approximate surface area is 81.2 Å². The fourth-order valence-corrected chi connectivity index (χ4v) is 1.58. The van der Waals surface area contributed by atoms with Gasteiger partial charge in [0.15, 0.2) is 0 Å². The average Bonchev–Trinajstić information content (AvgIpc) is 1.94. The Morgan fingerprint density at radius 2 is 1.77 bits per heavy atom. The third-order valence-electron chi connectivity index (χ3n) is 2.39. The Morgan fingerprint density at radius 1 is 1.23 bits per heavy atom. The van der Waals surface area contributed by atoms with Crippen molar-refractivity contribution in [3.8, 4) is 0 Å². The van der Waals surface area contributed by atoms with E-state index in [4.69, 9.17) is 0 Å². The first-order valence-electron chi connectivity index (χ1n) is 4.68. The van der Waals surface area contributed by atoms with Crippen LogP contribution >= 0.6 is 0 Å². The van der Waals surface area contributed by atoms with Gasteiger partial charge in [0.1, 0.15) is 0 Å². The van der Waals surface area contributed by atoms with Crippen molar-refractivity contribution in [3.05, 3.63) is 35.2 Å². The highest BCUT2D eigenvalue weighted by molar-refractivity contribution is 5.44. The first-order chi connectivity index (χ1) is 5.82. The van der Waals surface area contributed by atoms with Crippen LogP contribution in [-0.4, -0.2) is 0 Å². The summed E-state index contributed by atoms with van der Waals surface area (Å²) in [6.45, 7) is 14.8. The van der Waals surface area contributed by atoms with Crippen molar-refractivity contribution in [2.24, 2.45) is 5.41 Å². The maximum Gasteiger partial charge on any atom is 0.0338 e. The lowest BCUT2D eigenvalue weighted by Gasteiger charge is -2.28. The molecule has 0 bridgehead atoms. The van der Waals surface area contributed by atoms with Crippen LogP contribution in [0.25, 0.3) is 0 Å². The molecule has 1 aliphatic rings. The second-order valence-electron chi connectivity index (χ2n) is 4.72. The summed E-state index contributed by atoms with van der Waals surface area (Å²) in [7, 11) is 0. The molecule has 0 saturated carbocycles. The Balaban J connectivity index is 3.12. The topological polar surface area (TPSA) is 12.0 Å². The fraction of sp³-hybridized carbons (Fsp3) is 0.500.